The number of hydrogen-bond donors (Lipinski definition) is 0. The van der Waals surface area contributed by atoms with Crippen molar-refractivity contribution in [2.45, 2.75) is 58.3 Å². The van der Waals surface area contributed by atoms with Crippen LogP contribution in [0.1, 0.15) is 52.9 Å². The fraction of sp³-hybridized carbons (Fsp3) is 0.857. The van der Waals surface area contributed by atoms with E-state index in [1.807, 2.05) is 0 Å². The van der Waals surface area contributed by atoms with Crippen LogP contribution in [0, 0.1) is 17.3 Å². The van der Waals surface area contributed by atoms with E-state index in [2.05, 4.69) is 26.8 Å². The second kappa shape index (κ2) is 4.13. The van der Waals surface area contributed by atoms with Crippen LogP contribution in [0.2, 0.25) is 0 Å². The Morgan fingerprint density at radius 2 is 2.27 bits per heavy atom. The number of alkyl halides is 1. The summed E-state index contributed by atoms with van der Waals surface area (Å²) in [7, 11) is 0. The Labute approximate surface area is 99.1 Å². The summed E-state index contributed by atoms with van der Waals surface area (Å²) in [5, 5.41) is 0.398. The highest BCUT2D eigenvalue weighted by Crippen LogP contribution is 2.53. The third-order valence-corrected chi connectivity index (χ3v) is 5.43. The van der Waals surface area contributed by atoms with Gasteiger partial charge in [-0.15, -0.1) is 11.6 Å². The smallest absolute Gasteiger partial charge is 0.0373 e. The van der Waals surface area contributed by atoms with Gasteiger partial charge in [-0.1, -0.05) is 38.8 Å². The molecule has 2 unspecified atom stereocenters. The Morgan fingerprint density at radius 1 is 1.53 bits per heavy atom. The molecule has 0 radical (unpaired) electrons. The third kappa shape index (κ3) is 1.86. The first-order valence-corrected chi connectivity index (χ1v) is 6.85. The average molecular weight is 227 g/mol. The van der Waals surface area contributed by atoms with Gasteiger partial charge in [0.05, 0.1) is 0 Å². The lowest BCUT2D eigenvalue weighted by Gasteiger charge is -2.49. The van der Waals surface area contributed by atoms with E-state index >= 15 is 0 Å². The maximum atomic E-state index is 6.28. The fourth-order valence-electron chi connectivity index (χ4n) is 3.57. The molecular weight excluding hydrogens is 204 g/mol. The summed E-state index contributed by atoms with van der Waals surface area (Å²) in [6.07, 6.45) is 8.75. The molecule has 0 aliphatic heterocycles. The van der Waals surface area contributed by atoms with Gasteiger partial charge in [0.25, 0.3) is 0 Å². The lowest BCUT2D eigenvalue weighted by Crippen LogP contribution is -2.39. The average Bonchev–Trinajstić information content (AvgIpc) is 2.22. The second-order valence-electron chi connectivity index (χ2n) is 5.68. The van der Waals surface area contributed by atoms with E-state index < -0.39 is 0 Å². The van der Waals surface area contributed by atoms with Crippen molar-refractivity contribution in [2.75, 3.05) is 0 Å². The molecule has 0 nitrogen and oxygen atoms in total. The molecule has 0 spiro atoms. The van der Waals surface area contributed by atoms with Crippen LogP contribution in [0.5, 0.6) is 0 Å². The van der Waals surface area contributed by atoms with Crippen molar-refractivity contribution < 1.29 is 0 Å². The van der Waals surface area contributed by atoms with E-state index in [-0.39, 0.29) is 0 Å². The number of fused-ring (bicyclic) bond motifs is 1. The van der Waals surface area contributed by atoms with E-state index in [1.165, 1.54) is 25.7 Å². The normalized spacial score (nSPS) is 45.9. The van der Waals surface area contributed by atoms with E-state index in [1.54, 1.807) is 5.57 Å². The summed E-state index contributed by atoms with van der Waals surface area (Å²) in [6, 6.07) is 0. The Kier molecular flexibility index (Phi) is 3.17. The Bertz CT molecular complexity index is 269. The van der Waals surface area contributed by atoms with Crippen molar-refractivity contribution in [1.29, 1.82) is 0 Å². The quantitative estimate of drug-likeness (QED) is 0.446. The first-order chi connectivity index (χ1) is 7.08. The van der Waals surface area contributed by atoms with Crippen LogP contribution >= 0.6 is 11.6 Å². The van der Waals surface area contributed by atoms with Crippen molar-refractivity contribution in [1.82, 2.24) is 0 Å². The van der Waals surface area contributed by atoms with Crippen LogP contribution in [0.3, 0.4) is 0 Å². The second-order valence-corrected chi connectivity index (χ2v) is 6.30. The molecule has 1 heteroatoms. The summed E-state index contributed by atoms with van der Waals surface area (Å²) in [6.45, 7) is 7.25. The molecule has 2 rings (SSSR count). The topological polar surface area (TPSA) is 0 Å². The highest BCUT2D eigenvalue weighted by molar-refractivity contribution is 6.20. The van der Waals surface area contributed by atoms with Crippen molar-refractivity contribution in [2.24, 2.45) is 17.3 Å². The van der Waals surface area contributed by atoms with Crippen molar-refractivity contribution in [3.05, 3.63) is 11.6 Å². The summed E-state index contributed by atoms with van der Waals surface area (Å²) in [5.74, 6) is 1.73. The summed E-state index contributed by atoms with van der Waals surface area (Å²) in [5.41, 5.74) is 2.12. The zero-order valence-electron chi connectivity index (χ0n) is 10.2. The molecule has 0 aromatic rings. The van der Waals surface area contributed by atoms with Gasteiger partial charge in [-0.3, -0.25) is 0 Å². The van der Waals surface area contributed by atoms with E-state index in [4.69, 9.17) is 11.6 Å². The first kappa shape index (κ1) is 11.5. The molecule has 0 N–H and O–H groups in total. The summed E-state index contributed by atoms with van der Waals surface area (Å²) < 4.78 is 0. The summed E-state index contributed by atoms with van der Waals surface area (Å²) in [4.78, 5) is 0. The molecule has 0 aromatic carbocycles. The largest absolute Gasteiger partial charge is 0.123 e. The maximum absolute atomic E-state index is 6.28. The predicted octanol–water partition coefficient (Wildman–Crippen LogP) is 4.78. The molecule has 0 bridgehead atoms. The summed E-state index contributed by atoms with van der Waals surface area (Å²) >= 11 is 6.28. The third-order valence-electron chi connectivity index (χ3n) is 5.06. The maximum Gasteiger partial charge on any atom is 0.0373 e. The van der Waals surface area contributed by atoms with Crippen LogP contribution in [0.25, 0.3) is 0 Å². The molecule has 0 amide bonds. The highest BCUT2D eigenvalue weighted by atomic mass is 35.5. The minimum Gasteiger partial charge on any atom is -0.123 e. The molecule has 4 atom stereocenters. The zero-order valence-corrected chi connectivity index (χ0v) is 11.0. The van der Waals surface area contributed by atoms with Gasteiger partial charge in [-0.05, 0) is 42.9 Å². The molecule has 0 aromatic heterocycles. The van der Waals surface area contributed by atoms with E-state index in [0.717, 1.165) is 18.3 Å². The minimum atomic E-state index is 0.398. The Hall–Kier alpha value is 0.0300. The van der Waals surface area contributed by atoms with Gasteiger partial charge in [0.2, 0.25) is 0 Å². The molecule has 1 fully saturated rings. The number of rotatable bonds is 1. The number of halogens is 1. The van der Waals surface area contributed by atoms with Crippen LogP contribution in [0.15, 0.2) is 11.6 Å². The molecule has 86 valence electrons. The minimum absolute atomic E-state index is 0.398. The van der Waals surface area contributed by atoms with E-state index in [9.17, 15) is 0 Å². The van der Waals surface area contributed by atoms with Gasteiger partial charge >= 0.3 is 0 Å². The molecule has 0 heterocycles. The van der Waals surface area contributed by atoms with Gasteiger partial charge in [0.15, 0.2) is 0 Å². The first-order valence-electron chi connectivity index (χ1n) is 6.41. The Balaban J connectivity index is 2.25. The van der Waals surface area contributed by atoms with Crippen LogP contribution in [-0.4, -0.2) is 5.38 Å². The van der Waals surface area contributed by atoms with Crippen molar-refractivity contribution in [3.63, 3.8) is 0 Å². The van der Waals surface area contributed by atoms with Gasteiger partial charge in [0, 0.05) is 5.38 Å². The molecular formula is C14H23Cl. The molecule has 2 aliphatic rings. The highest BCUT2D eigenvalue weighted by Gasteiger charge is 2.43. The molecule has 15 heavy (non-hydrogen) atoms. The number of allylic oxidation sites excluding steroid dienone is 2. The van der Waals surface area contributed by atoms with Gasteiger partial charge in [-0.2, -0.15) is 0 Å². The fourth-order valence-corrected chi connectivity index (χ4v) is 3.84. The standard InChI is InChI=1S/C14H23Cl/c1-4-11-5-6-12-9-13(15)7-8-14(12,3)10(11)2/h6,10-11,13H,4-5,7-9H2,1-3H3/t10?,11?,13-,14+/m0/s1. The molecule has 1 saturated carbocycles. The van der Waals surface area contributed by atoms with Crippen LogP contribution in [0.4, 0.5) is 0 Å². The van der Waals surface area contributed by atoms with E-state index in [0.29, 0.717) is 10.8 Å². The van der Waals surface area contributed by atoms with Gasteiger partial charge in [0.1, 0.15) is 0 Å². The van der Waals surface area contributed by atoms with Crippen molar-refractivity contribution >= 4 is 11.6 Å². The monoisotopic (exact) mass is 226 g/mol. The zero-order chi connectivity index (χ0) is 11.1. The Morgan fingerprint density at radius 3 is 2.93 bits per heavy atom. The van der Waals surface area contributed by atoms with Gasteiger partial charge in [-0.25, -0.2) is 0 Å². The van der Waals surface area contributed by atoms with Crippen molar-refractivity contribution in [3.8, 4) is 0 Å². The van der Waals surface area contributed by atoms with Crippen LogP contribution in [-0.2, 0) is 0 Å². The SMILES string of the molecule is CCC1CC=C2C[C@@H](Cl)CC[C@]2(C)C1C. The lowest BCUT2D eigenvalue weighted by atomic mass is 9.57. The molecule has 2 aliphatic carbocycles. The van der Waals surface area contributed by atoms with Crippen LogP contribution < -0.4 is 0 Å². The van der Waals surface area contributed by atoms with Gasteiger partial charge < -0.3 is 0 Å². The predicted molar refractivity (Wildman–Crippen MR) is 67.2 cm³/mol. The molecule has 0 saturated heterocycles. The lowest BCUT2D eigenvalue weighted by molar-refractivity contribution is 0.122. The number of hydrogen-bond acceptors (Lipinski definition) is 0.